The molecule has 0 fully saturated rings. The van der Waals surface area contributed by atoms with Gasteiger partial charge in [-0.05, 0) is 133 Å². The summed E-state index contributed by atoms with van der Waals surface area (Å²) in [5, 5.41) is 58.0. The number of benzene rings is 4. The number of carboxylic acid groups (broad SMARTS) is 1. The lowest BCUT2D eigenvalue weighted by Crippen LogP contribution is -2.62. The van der Waals surface area contributed by atoms with E-state index >= 15 is 33.6 Å². The maximum absolute atomic E-state index is 15.7. The molecule has 8 rings (SSSR count). The first-order chi connectivity index (χ1) is 68.2. The van der Waals surface area contributed by atoms with Crippen LogP contribution in [0.5, 0.6) is 0 Å². The summed E-state index contributed by atoms with van der Waals surface area (Å²) in [5.74, 6) is -16.2. The van der Waals surface area contributed by atoms with Crippen LogP contribution in [0.4, 0.5) is 4.79 Å². The molecule has 22 N–H and O–H groups in total. The van der Waals surface area contributed by atoms with Crippen molar-refractivity contribution in [3.8, 4) is 0 Å². The Morgan fingerprint density at radius 2 is 0.576 bits per heavy atom. The smallest absolute Gasteiger partial charge is 0.407 e. The summed E-state index contributed by atoms with van der Waals surface area (Å²) in [5.41, 5.74) is 5.25. The van der Waals surface area contributed by atoms with E-state index in [-0.39, 0.29) is 107 Å². The summed E-state index contributed by atoms with van der Waals surface area (Å²) in [7, 11) is 0. The molecule has 8 aromatic rings. The Labute approximate surface area is 837 Å². The molecule has 4 aromatic heterocycles. The van der Waals surface area contributed by atoms with Gasteiger partial charge in [0.1, 0.15) is 91.2 Å². The van der Waals surface area contributed by atoms with Gasteiger partial charge in [-0.15, -0.1) is 0 Å². The van der Waals surface area contributed by atoms with E-state index in [0.717, 1.165) is 10.9 Å². The molecule has 14 atom stereocenters. The Hall–Kier alpha value is -14.7. The van der Waals surface area contributed by atoms with E-state index < -0.39 is 210 Å². The fraction of sp³-hybridized carbons (Fsp3) is 0.515. The van der Waals surface area contributed by atoms with Gasteiger partial charge in [-0.2, -0.15) is 0 Å². The van der Waals surface area contributed by atoms with E-state index in [9.17, 15) is 52.7 Å². The normalized spacial score (nSPS) is 14.5. The van der Waals surface area contributed by atoms with Crippen LogP contribution in [0.3, 0.4) is 0 Å². The number of rotatable bonds is 57. The molecule has 144 heavy (non-hydrogen) atoms. The molecule has 0 unspecified atom stereocenters. The molecule has 0 saturated heterocycles. The van der Waals surface area contributed by atoms with Crippen molar-refractivity contribution in [2.45, 2.75) is 267 Å². The molecule has 4 heterocycles. The summed E-state index contributed by atoms with van der Waals surface area (Å²) in [4.78, 5) is 266. The van der Waals surface area contributed by atoms with E-state index in [1.807, 2.05) is 120 Å². The van der Waals surface area contributed by atoms with Gasteiger partial charge >= 0.3 is 12.1 Å². The Morgan fingerprint density at radius 1 is 0.299 bits per heavy atom. The molecular weight excluding hydrogens is 1850 g/mol. The molecule has 41 heteroatoms. The molecule has 0 bridgehead atoms. The minimum Gasteiger partial charge on any atom is -0.481 e. The number of amides is 17. The molecule has 0 aliphatic heterocycles. The van der Waals surface area contributed by atoms with E-state index in [4.69, 9.17) is 9.84 Å². The van der Waals surface area contributed by atoms with Crippen LogP contribution in [0.1, 0.15) is 179 Å². The van der Waals surface area contributed by atoms with Gasteiger partial charge in [-0.3, -0.25) is 81.5 Å². The minimum absolute atomic E-state index is 0.0211. The summed E-state index contributed by atoms with van der Waals surface area (Å²) < 4.78 is 5.15. The maximum Gasteiger partial charge on any atom is 0.407 e. The van der Waals surface area contributed by atoms with Crippen LogP contribution in [0.15, 0.2) is 122 Å². The zero-order valence-electron chi connectivity index (χ0n) is 85.2. The number of H-pyrrole nitrogens is 4. The number of hydrogen-bond acceptors (Lipinski definition) is 19. The van der Waals surface area contributed by atoms with E-state index in [0.29, 0.717) is 61.4 Å². The van der Waals surface area contributed by atoms with Crippen LogP contribution in [0, 0.1) is 47.3 Å². The van der Waals surface area contributed by atoms with Crippen LogP contribution in [-0.2, 0) is 112 Å². The zero-order chi connectivity index (χ0) is 106. The largest absolute Gasteiger partial charge is 0.481 e. The summed E-state index contributed by atoms with van der Waals surface area (Å²) in [6.45, 7) is 29.3. The molecule has 0 saturated carbocycles. The number of carbonyl (C=O) groups excluding carboxylic acids is 17. The minimum atomic E-state index is -1.51. The zero-order valence-corrected chi connectivity index (χ0v) is 85.2. The molecule has 41 nitrogen and oxygen atoms in total. The van der Waals surface area contributed by atoms with Crippen LogP contribution in [-0.4, -0.2) is 243 Å². The maximum atomic E-state index is 15.7. The van der Waals surface area contributed by atoms with Gasteiger partial charge in [0.25, 0.3) is 0 Å². The second kappa shape index (κ2) is 55.1. The lowest BCUT2D eigenvalue weighted by atomic mass is 9.97. The standard InChI is InChI=1S/C103H145N21O20/c1-53(2)39-75(114-89(129)61(17)112-83(126)51-110-99(139)85(57(9)10)111-52-125)92(132)113-62(18)90(130)122-87(59(13)14)101(141)124-88(60(15)16)102(142)123-86(58(11)12)100(140)121-82(46-66-50-109-74-34-26-22-30-70(66)74)98(138)117-78(42-56(7)8)95(135)120-81(45-65-49-108-73-33-25-21-29-69(65)73)97(137)116-77(41-55(5)6)94(134)119-80(44-64-48-107-72-32-24-20-28-68(64)72)96(136)115-76(40-54(3)4)93(133)118-79(43-63-47-106-71-31-23-19-27-67(63)71)91(131)104-37-38-144-103(143)105-36-35-84(127)128/h19-34,47-50,52-62,75-82,85-88,106-109H,35-46,51H2,1-18H3,(H,104,131)(H,105,143)(H,110,139)(H,111,125)(H,112,126)(H,113,132)(H,114,129)(H,115,136)(H,116,137)(H,117,138)(H,118,133)(H,119,134)(H,120,135)(H,121,140)(H,122,130)(H,123,142)(H,124,141)(H,127,128)/t61-,62-,75+,76+,77+,78+,79-,80-,81-,82-,85-,86+,87+,88-/m0/s1. The summed E-state index contributed by atoms with van der Waals surface area (Å²) in [6, 6.07) is 10.4. The third kappa shape index (κ3) is 34.6. The van der Waals surface area contributed by atoms with Crippen molar-refractivity contribution < 1.29 is 96.1 Å². The van der Waals surface area contributed by atoms with Crippen molar-refractivity contribution in [2.75, 3.05) is 26.2 Å². The van der Waals surface area contributed by atoms with Crippen LogP contribution >= 0.6 is 0 Å². The number of aromatic nitrogens is 4. The average molecular weight is 2000 g/mol. The third-order valence-electron chi connectivity index (χ3n) is 24.4. The number of aliphatic carboxylic acids is 1. The Balaban J connectivity index is 1.01. The highest BCUT2D eigenvalue weighted by molar-refractivity contribution is 6.02. The molecule has 0 aliphatic rings. The van der Waals surface area contributed by atoms with Crippen molar-refractivity contribution in [3.05, 3.63) is 144 Å². The van der Waals surface area contributed by atoms with Crippen LogP contribution in [0.25, 0.3) is 43.6 Å². The average Bonchev–Trinajstić information content (AvgIpc) is 1.62. The van der Waals surface area contributed by atoms with Gasteiger partial charge in [0.15, 0.2) is 0 Å². The molecule has 0 radical (unpaired) electrons. The van der Waals surface area contributed by atoms with E-state index in [1.165, 1.54) is 13.8 Å². The third-order valence-corrected chi connectivity index (χ3v) is 24.4. The number of fused-ring (bicyclic) bond motifs is 4. The van der Waals surface area contributed by atoms with Gasteiger partial charge < -0.3 is 120 Å². The first kappa shape index (κ1) is 115. The molecule has 0 aliphatic carbocycles. The number of carboxylic acids is 1. The van der Waals surface area contributed by atoms with E-state index in [2.05, 4.69) is 110 Å². The predicted octanol–water partition coefficient (Wildman–Crippen LogP) is 4.58. The van der Waals surface area contributed by atoms with Gasteiger partial charge in [0.2, 0.25) is 95.0 Å². The number of hydrogen-bond donors (Lipinski definition) is 22. The second-order valence-corrected chi connectivity index (χ2v) is 39.7. The number of nitrogens with one attached hydrogen (secondary N) is 21. The predicted molar refractivity (Wildman–Crippen MR) is 542 cm³/mol. The monoisotopic (exact) mass is 2000 g/mol. The van der Waals surface area contributed by atoms with Crippen molar-refractivity contribution >= 4 is 151 Å². The summed E-state index contributed by atoms with van der Waals surface area (Å²) >= 11 is 0. The van der Waals surface area contributed by atoms with Crippen molar-refractivity contribution in [1.82, 2.24) is 110 Å². The number of alkyl carbamates (subject to hydrolysis) is 1. The van der Waals surface area contributed by atoms with Gasteiger partial charge in [0.05, 0.1) is 19.5 Å². The van der Waals surface area contributed by atoms with Crippen molar-refractivity contribution in [3.63, 3.8) is 0 Å². The Kier molecular flexibility index (Phi) is 43.8. The Morgan fingerprint density at radius 3 is 0.903 bits per heavy atom. The van der Waals surface area contributed by atoms with Gasteiger partial charge in [0, 0.05) is 101 Å². The van der Waals surface area contributed by atoms with E-state index in [1.54, 1.807) is 112 Å². The highest BCUT2D eigenvalue weighted by Crippen LogP contribution is 2.26. The number of aromatic amines is 4. The Bertz CT molecular complexity index is 5790. The lowest BCUT2D eigenvalue weighted by molar-refractivity contribution is -0.137. The van der Waals surface area contributed by atoms with Gasteiger partial charge in [-0.25, -0.2) is 4.79 Å². The second-order valence-electron chi connectivity index (χ2n) is 39.7. The lowest BCUT2D eigenvalue weighted by Gasteiger charge is -2.31. The molecular formula is C103H145N21O20. The first-order valence-corrected chi connectivity index (χ1v) is 49.2. The highest BCUT2D eigenvalue weighted by atomic mass is 16.5. The SMILES string of the molecule is CC(C)C[C@@H](NC(=O)[C@H](C)NC(=O)CNC(=O)[C@@H](NC=O)C(C)C)C(=O)N[C@@H](C)C(=O)N[C@@H](C(=O)N[C@H](C(=O)N[C@@H](C(=O)N[C@@H](Cc1c[nH]c2ccccc12)C(=O)N[C@H](CC(C)C)C(=O)N[C@@H](Cc1c[nH]c2ccccc12)C(=O)N[C@H](CC(C)C)C(=O)N[C@@H](Cc1c[nH]c2ccccc12)C(=O)N[C@H](CC(C)C)C(=O)N[C@@H](Cc1c[nH]c2ccccc12)C(=O)NCCOC(=O)NCCC(=O)O)C(C)C)C(C)C)C(C)C. The van der Waals surface area contributed by atoms with Crippen molar-refractivity contribution in [2.24, 2.45) is 47.3 Å². The number of para-hydroxylation sites is 4. The van der Waals surface area contributed by atoms with Crippen molar-refractivity contribution in [1.29, 1.82) is 0 Å². The van der Waals surface area contributed by atoms with Crippen LogP contribution < -0.4 is 90.4 Å². The molecule has 4 aromatic carbocycles. The topological polar surface area (TPSA) is 604 Å². The number of ether oxygens (including phenoxy) is 1. The molecule has 17 amide bonds. The highest BCUT2D eigenvalue weighted by Gasteiger charge is 2.41. The van der Waals surface area contributed by atoms with Crippen LogP contribution in [0.2, 0.25) is 0 Å². The summed E-state index contributed by atoms with van der Waals surface area (Å²) in [6.07, 6.45) is 5.36. The quantitative estimate of drug-likeness (QED) is 0.0183. The number of carbonyl (C=O) groups is 18. The first-order valence-electron chi connectivity index (χ1n) is 49.2. The molecule has 0 spiro atoms. The fourth-order valence-corrected chi connectivity index (χ4v) is 16.7. The fourth-order valence-electron chi connectivity index (χ4n) is 16.7. The molecule has 782 valence electrons. The van der Waals surface area contributed by atoms with Gasteiger partial charge in [-0.1, -0.05) is 184 Å².